The van der Waals surface area contributed by atoms with Crippen molar-refractivity contribution in [3.05, 3.63) is 40.7 Å². The smallest absolute Gasteiger partial charge is 0.312 e. The second kappa shape index (κ2) is 10.5. The molecule has 0 aromatic heterocycles. The van der Waals surface area contributed by atoms with Gasteiger partial charge in [-0.1, -0.05) is 13.8 Å². The van der Waals surface area contributed by atoms with E-state index in [1.54, 1.807) is 0 Å². The average Bonchev–Trinajstić information content (AvgIpc) is 3.16. The van der Waals surface area contributed by atoms with E-state index in [0.29, 0.717) is 0 Å². The van der Waals surface area contributed by atoms with E-state index >= 15 is 0 Å². The molecule has 4 aliphatic rings. The molecule has 0 radical (unpaired) electrons. The lowest BCUT2D eigenvalue weighted by Gasteiger charge is -2.24. The number of amides is 2. The number of anilines is 1. The summed E-state index contributed by atoms with van der Waals surface area (Å²) in [7, 11) is 0. The highest BCUT2D eigenvalue weighted by Gasteiger charge is 2.24. The molecular formula is C27H37N6OS+. The molecule has 5 rings (SSSR count). The first-order valence-electron chi connectivity index (χ1n) is 13.1. The number of aryl methyl sites for hydroxylation is 2. The topological polar surface area (TPSA) is 86.3 Å². The van der Waals surface area contributed by atoms with Gasteiger partial charge in [-0.3, -0.25) is 0 Å². The highest BCUT2D eigenvalue weighted by Crippen LogP contribution is 2.36. The van der Waals surface area contributed by atoms with Gasteiger partial charge >= 0.3 is 6.03 Å². The number of hydrogen-bond donors (Lipinski definition) is 3. The van der Waals surface area contributed by atoms with E-state index in [2.05, 4.69) is 58.2 Å². The number of piperidine rings is 1. The van der Waals surface area contributed by atoms with E-state index in [0.717, 1.165) is 76.2 Å². The number of nitrogens with two attached hydrogens (primary N) is 1. The van der Waals surface area contributed by atoms with Crippen molar-refractivity contribution in [2.75, 3.05) is 44.2 Å². The van der Waals surface area contributed by atoms with E-state index in [4.69, 9.17) is 10.7 Å². The number of hydrogen-bond acceptors (Lipinski definition) is 5. The Morgan fingerprint density at radius 2 is 1.94 bits per heavy atom. The van der Waals surface area contributed by atoms with Gasteiger partial charge in [0, 0.05) is 56.3 Å². The highest BCUT2D eigenvalue weighted by molar-refractivity contribution is 7.21. The van der Waals surface area contributed by atoms with Gasteiger partial charge in [0.1, 0.15) is 13.1 Å². The Morgan fingerprint density at radius 1 is 1.14 bits per heavy atom. The number of primary amides is 1. The third-order valence-electron chi connectivity index (χ3n) is 7.39. The van der Waals surface area contributed by atoms with Crippen LogP contribution in [0, 0.1) is 0 Å². The first-order valence-corrected chi connectivity index (χ1v) is 13.9. The largest absolute Gasteiger partial charge is 0.370 e. The molecule has 0 spiro atoms. The summed E-state index contributed by atoms with van der Waals surface area (Å²) in [6.45, 7) is 10.6. The van der Waals surface area contributed by atoms with Crippen molar-refractivity contribution in [1.82, 2.24) is 20.2 Å². The minimum absolute atomic E-state index is 0.170. The van der Waals surface area contributed by atoms with E-state index in [-0.39, 0.29) is 6.04 Å². The Balaban J connectivity index is 1.59. The second-order valence-electron chi connectivity index (χ2n) is 9.68. The normalized spacial score (nSPS) is 19.2. The summed E-state index contributed by atoms with van der Waals surface area (Å²) < 4.78 is 3.71. The van der Waals surface area contributed by atoms with Crippen LogP contribution in [0.5, 0.6) is 0 Å². The number of nitrogens with one attached hydrogen (secondary N) is 2. The number of fused-ring (bicyclic) bond motifs is 2. The summed E-state index contributed by atoms with van der Waals surface area (Å²) in [6.07, 6.45) is 4.93. The quantitative estimate of drug-likeness (QED) is 0.385. The average molecular weight is 494 g/mol. The van der Waals surface area contributed by atoms with Gasteiger partial charge in [-0.25, -0.2) is 14.4 Å². The summed E-state index contributed by atoms with van der Waals surface area (Å²) in [6, 6.07) is 9.11. The fraction of sp³-hybridized carbons (Fsp3) is 0.519. The summed E-state index contributed by atoms with van der Waals surface area (Å²) in [5, 5.41) is 7.64. The van der Waals surface area contributed by atoms with Crippen molar-refractivity contribution >= 4 is 33.3 Å². The Bertz CT molecular complexity index is 1250. The monoisotopic (exact) mass is 493 g/mol. The zero-order chi connectivity index (χ0) is 24.4. The molecule has 3 heterocycles. The van der Waals surface area contributed by atoms with Gasteiger partial charge in [-0.15, -0.1) is 11.3 Å². The third-order valence-corrected chi connectivity index (χ3v) is 8.46. The van der Waals surface area contributed by atoms with E-state index in [9.17, 15) is 4.79 Å². The summed E-state index contributed by atoms with van der Waals surface area (Å²) >= 11 is 1.88. The number of rotatable bonds is 4. The Kier molecular flexibility index (Phi) is 7.20. The van der Waals surface area contributed by atoms with Gasteiger partial charge in [0.2, 0.25) is 5.36 Å². The Hall–Kier alpha value is -2.71. The Labute approximate surface area is 211 Å². The molecule has 8 heteroatoms. The molecule has 1 aliphatic carbocycles. The number of benzene rings is 2. The molecule has 2 fully saturated rings. The number of carbonyl (C=O) groups is 1. The van der Waals surface area contributed by atoms with Crippen LogP contribution >= 0.6 is 11.3 Å². The number of urea groups is 1. The van der Waals surface area contributed by atoms with Crippen LogP contribution in [0.2, 0.25) is 0 Å². The van der Waals surface area contributed by atoms with Crippen molar-refractivity contribution in [2.45, 2.75) is 52.0 Å². The molecule has 1 aromatic rings. The van der Waals surface area contributed by atoms with Gasteiger partial charge in [0.15, 0.2) is 0 Å². The second-order valence-corrected chi connectivity index (χ2v) is 10.8. The zero-order valence-corrected chi connectivity index (χ0v) is 21.7. The summed E-state index contributed by atoms with van der Waals surface area (Å²) in [5.74, 6) is 0. The van der Waals surface area contributed by atoms with Gasteiger partial charge in [-0.05, 0) is 49.1 Å². The van der Waals surface area contributed by atoms with Crippen LogP contribution in [0.3, 0.4) is 0 Å². The number of nitrogens with zero attached hydrogens (tertiary/aromatic N) is 3. The van der Waals surface area contributed by atoms with Crippen molar-refractivity contribution in [3.8, 4) is 10.6 Å². The zero-order valence-electron chi connectivity index (χ0n) is 20.9. The molecular weight excluding hydrogens is 456 g/mol. The molecule has 2 amide bonds. The van der Waals surface area contributed by atoms with Crippen LogP contribution in [0.1, 0.15) is 44.2 Å². The van der Waals surface area contributed by atoms with Gasteiger partial charge in [0.25, 0.3) is 0 Å². The standard InChI is InChI=1S/C27H36N6OS/c1-3-18-14-21(32-10-5-8-29-9-13-32)16-23-25(18)31-26-19(4-2)15-22(17-24(26)35-23)33-11-6-20(7-12-33)30-27(28)34/h14-17,20,29H,3-13H2,1-2H3,(H2-,28,30,34)/p+1. The predicted molar refractivity (Wildman–Crippen MR) is 145 cm³/mol. The van der Waals surface area contributed by atoms with Gasteiger partial charge in [-0.2, -0.15) is 0 Å². The highest BCUT2D eigenvalue weighted by atomic mass is 32.1. The maximum atomic E-state index is 11.2. The van der Waals surface area contributed by atoms with E-state index in [1.807, 2.05) is 11.3 Å². The first kappa shape index (κ1) is 24.0. The molecule has 186 valence electrons. The van der Waals surface area contributed by atoms with Crippen LogP contribution in [0.25, 0.3) is 20.8 Å². The molecule has 1 aromatic carbocycles. The molecule has 4 N–H and O–H groups in total. The fourth-order valence-electron chi connectivity index (χ4n) is 5.43. The lowest BCUT2D eigenvalue weighted by molar-refractivity contribution is 0.240. The molecule has 2 saturated heterocycles. The molecule has 0 atom stereocenters. The molecule has 0 unspecified atom stereocenters. The van der Waals surface area contributed by atoms with Crippen molar-refractivity contribution in [3.63, 3.8) is 0 Å². The third kappa shape index (κ3) is 5.14. The van der Waals surface area contributed by atoms with Crippen molar-refractivity contribution < 1.29 is 4.79 Å². The maximum Gasteiger partial charge on any atom is 0.312 e. The molecule has 35 heavy (non-hydrogen) atoms. The molecule has 0 bridgehead atoms. The Morgan fingerprint density at radius 3 is 2.69 bits per heavy atom. The molecule has 7 nitrogen and oxygen atoms in total. The number of aromatic nitrogens is 1. The first-order chi connectivity index (χ1) is 17.1. The summed E-state index contributed by atoms with van der Waals surface area (Å²) in [4.78, 5) is 20.3. The van der Waals surface area contributed by atoms with Crippen molar-refractivity contribution in [2.24, 2.45) is 5.73 Å². The maximum absolute atomic E-state index is 11.2. The van der Waals surface area contributed by atoms with E-state index < -0.39 is 6.03 Å². The lowest BCUT2D eigenvalue weighted by atomic mass is 10.0. The van der Waals surface area contributed by atoms with Crippen molar-refractivity contribution in [1.29, 1.82) is 0 Å². The molecule has 3 aliphatic heterocycles. The minimum atomic E-state index is -0.426. The van der Waals surface area contributed by atoms with Crippen LogP contribution in [-0.2, 0) is 12.8 Å². The van der Waals surface area contributed by atoms with Gasteiger partial charge in [0.05, 0.1) is 20.8 Å². The fourth-order valence-corrected chi connectivity index (χ4v) is 6.57. The van der Waals surface area contributed by atoms with Crippen LogP contribution < -0.4 is 31.2 Å². The van der Waals surface area contributed by atoms with Crippen LogP contribution in [-0.4, -0.2) is 56.3 Å². The minimum Gasteiger partial charge on any atom is -0.370 e. The molecule has 0 saturated carbocycles. The predicted octanol–water partition coefficient (Wildman–Crippen LogP) is 2.93. The SMILES string of the molecule is CCc1cc(=[N+]2CCC(NC(N)=O)CC2)cc2sc3cc(N4CCCNCC4)cc(CC)c3nc1-2. The van der Waals surface area contributed by atoms with Crippen LogP contribution in [0.4, 0.5) is 10.5 Å². The number of carbonyl (C=O) groups excluding carboxylic acids is 1. The van der Waals surface area contributed by atoms with Gasteiger partial charge < -0.3 is 21.3 Å². The van der Waals surface area contributed by atoms with Crippen LogP contribution in [0.15, 0.2) is 24.3 Å². The summed E-state index contributed by atoms with van der Waals surface area (Å²) in [5.41, 5.74) is 11.6. The lowest BCUT2D eigenvalue weighted by Crippen LogP contribution is -2.47. The van der Waals surface area contributed by atoms with E-state index in [1.165, 1.54) is 38.2 Å².